The number of hydrogen-bond donors (Lipinski definition) is 1. The van der Waals surface area contributed by atoms with Crippen molar-refractivity contribution in [1.82, 2.24) is 0 Å². The summed E-state index contributed by atoms with van der Waals surface area (Å²) in [4.78, 5) is 11.8. The van der Waals surface area contributed by atoms with Crippen LogP contribution in [0, 0.1) is 11.3 Å². The molecule has 0 aliphatic carbocycles. The molecule has 0 fully saturated rings. The highest BCUT2D eigenvalue weighted by Gasteiger charge is 2.03. The lowest BCUT2D eigenvalue weighted by molar-refractivity contribution is -0.116. The predicted molar refractivity (Wildman–Crippen MR) is 84.0 cm³/mol. The molecule has 2 rings (SSSR count). The van der Waals surface area contributed by atoms with Crippen molar-refractivity contribution < 1.29 is 9.53 Å². The molecule has 0 spiro atoms. The molecule has 0 bridgehead atoms. The molecule has 0 aromatic heterocycles. The van der Waals surface area contributed by atoms with Crippen molar-refractivity contribution >= 4 is 27.5 Å². The lowest BCUT2D eigenvalue weighted by Gasteiger charge is -2.07. The fourth-order valence-electron chi connectivity index (χ4n) is 1.67. The van der Waals surface area contributed by atoms with Crippen LogP contribution in [0.2, 0.25) is 0 Å². The quantitative estimate of drug-likeness (QED) is 0.898. The number of anilines is 1. The summed E-state index contributed by atoms with van der Waals surface area (Å²) >= 11 is 3.36. The smallest absolute Gasteiger partial charge is 0.227 e. The van der Waals surface area contributed by atoms with Crippen molar-refractivity contribution in [3.8, 4) is 11.8 Å². The molecule has 1 N–H and O–H groups in total. The Morgan fingerprint density at radius 1 is 1.24 bits per heavy atom. The Morgan fingerprint density at radius 3 is 2.67 bits per heavy atom. The molecule has 0 aliphatic heterocycles. The Labute approximate surface area is 131 Å². The highest BCUT2D eigenvalue weighted by Crippen LogP contribution is 2.17. The molecular weight excluding hydrogens is 332 g/mol. The van der Waals surface area contributed by atoms with Gasteiger partial charge in [0.15, 0.2) is 0 Å². The van der Waals surface area contributed by atoms with E-state index in [1.165, 1.54) is 0 Å². The molecule has 0 heterocycles. The summed E-state index contributed by atoms with van der Waals surface area (Å²) in [6, 6.07) is 16.2. The topological polar surface area (TPSA) is 62.1 Å². The van der Waals surface area contributed by atoms with Gasteiger partial charge in [-0.3, -0.25) is 4.79 Å². The van der Waals surface area contributed by atoms with E-state index in [9.17, 15) is 4.79 Å². The molecule has 2 aromatic carbocycles. The maximum Gasteiger partial charge on any atom is 0.227 e. The van der Waals surface area contributed by atoms with Gasteiger partial charge < -0.3 is 10.1 Å². The lowest BCUT2D eigenvalue weighted by atomic mass is 10.2. The average Bonchev–Trinajstić information content (AvgIpc) is 2.48. The first-order valence-corrected chi connectivity index (χ1v) is 7.15. The second-order valence-electron chi connectivity index (χ2n) is 4.29. The van der Waals surface area contributed by atoms with Crippen molar-refractivity contribution in [1.29, 1.82) is 5.26 Å². The first-order chi connectivity index (χ1) is 10.2. The Bertz CT molecular complexity index is 663. The summed E-state index contributed by atoms with van der Waals surface area (Å²) in [5, 5.41) is 11.5. The zero-order valence-corrected chi connectivity index (χ0v) is 12.8. The minimum absolute atomic E-state index is 0.130. The van der Waals surface area contributed by atoms with E-state index < -0.39 is 0 Å². The largest absolute Gasteiger partial charge is 0.493 e. The van der Waals surface area contributed by atoms with Gasteiger partial charge in [0.1, 0.15) is 5.75 Å². The maximum absolute atomic E-state index is 11.8. The minimum atomic E-state index is -0.130. The van der Waals surface area contributed by atoms with Crippen molar-refractivity contribution in [2.75, 3.05) is 11.9 Å². The van der Waals surface area contributed by atoms with E-state index in [-0.39, 0.29) is 12.3 Å². The molecule has 0 aliphatic rings. The van der Waals surface area contributed by atoms with Gasteiger partial charge in [0.05, 0.1) is 24.7 Å². The van der Waals surface area contributed by atoms with Gasteiger partial charge in [-0.05, 0) is 42.5 Å². The Morgan fingerprint density at radius 2 is 2.00 bits per heavy atom. The van der Waals surface area contributed by atoms with Crippen molar-refractivity contribution in [2.45, 2.75) is 6.42 Å². The van der Waals surface area contributed by atoms with Crippen LogP contribution in [0.25, 0.3) is 0 Å². The normalized spacial score (nSPS) is 9.71. The van der Waals surface area contributed by atoms with Crippen molar-refractivity contribution in [3.05, 3.63) is 58.6 Å². The van der Waals surface area contributed by atoms with Crippen LogP contribution in [0.5, 0.6) is 5.75 Å². The predicted octanol–water partition coefficient (Wildman–Crippen LogP) is 3.73. The SMILES string of the molecule is N#Cc1ccc(NC(=O)CCOc2cccc(Br)c2)cc1. The van der Waals surface area contributed by atoms with Gasteiger partial charge in [-0.25, -0.2) is 0 Å². The summed E-state index contributed by atoms with van der Waals surface area (Å²) in [7, 11) is 0. The number of nitrogens with zero attached hydrogens (tertiary/aromatic N) is 1. The van der Waals surface area contributed by atoms with Crippen molar-refractivity contribution in [3.63, 3.8) is 0 Å². The lowest BCUT2D eigenvalue weighted by Crippen LogP contribution is -2.15. The van der Waals surface area contributed by atoms with E-state index in [0.29, 0.717) is 17.9 Å². The third-order valence-electron chi connectivity index (χ3n) is 2.69. The molecule has 0 atom stereocenters. The Hall–Kier alpha value is -2.32. The van der Waals surface area contributed by atoms with Crippen LogP contribution in [0.3, 0.4) is 0 Å². The number of nitrogens with one attached hydrogen (secondary N) is 1. The van der Waals surface area contributed by atoms with Crippen LogP contribution < -0.4 is 10.1 Å². The van der Waals surface area contributed by atoms with Crippen molar-refractivity contribution in [2.24, 2.45) is 0 Å². The molecular formula is C16H13BrN2O2. The third-order valence-corrected chi connectivity index (χ3v) is 3.18. The average molecular weight is 345 g/mol. The first kappa shape index (κ1) is 15.1. The standard InChI is InChI=1S/C16H13BrN2O2/c17-13-2-1-3-15(10-13)21-9-8-16(20)19-14-6-4-12(11-18)5-7-14/h1-7,10H,8-9H2,(H,19,20). The van der Waals surface area contributed by atoms with Gasteiger partial charge in [0.25, 0.3) is 0 Å². The molecule has 5 heteroatoms. The number of amides is 1. The van der Waals surface area contributed by atoms with E-state index >= 15 is 0 Å². The van der Waals surface area contributed by atoms with Gasteiger partial charge in [-0.2, -0.15) is 5.26 Å². The van der Waals surface area contributed by atoms with Gasteiger partial charge in [-0.1, -0.05) is 22.0 Å². The molecule has 106 valence electrons. The zero-order chi connectivity index (χ0) is 15.1. The first-order valence-electron chi connectivity index (χ1n) is 6.36. The highest BCUT2D eigenvalue weighted by atomic mass is 79.9. The van der Waals surface area contributed by atoms with E-state index in [2.05, 4.69) is 21.2 Å². The number of carbonyl (C=O) groups is 1. The van der Waals surface area contributed by atoms with Crippen LogP contribution in [0.4, 0.5) is 5.69 Å². The second-order valence-corrected chi connectivity index (χ2v) is 5.21. The van der Waals surface area contributed by atoms with Gasteiger partial charge >= 0.3 is 0 Å². The molecule has 0 saturated carbocycles. The molecule has 0 saturated heterocycles. The third kappa shape index (κ3) is 4.93. The molecule has 0 unspecified atom stereocenters. The van der Waals surface area contributed by atoms with Gasteiger partial charge in [0.2, 0.25) is 5.91 Å². The number of hydrogen-bond acceptors (Lipinski definition) is 3. The minimum Gasteiger partial charge on any atom is -0.493 e. The van der Waals surface area contributed by atoms with E-state index in [1.807, 2.05) is 30.3 Å². The molecule has 2 aromatic rings. The summed E-state index contributed by atoms with van der Waals surface area (Å²) < 4.78 is 6.43. The van der Waals surface area contributed by atoms with Gasteiger partial charge in [-0.15, -0.1) is 0 Å². The van der Waals surface area contributed by atoms with E-state index in [4.69, 9.17) is 10.00 Å². The number of rotatable bonds is 5. The number of nitriles is 1. The number of carbonyl (C=O) groups excluding carboxylic acids is 1. The number of ether oxygens (including phenoxy) is 1. The monoisotopic (exact) mass is 344 g/mol. The van der Waals surface area contributed by atoms with Crippen LogP contribution in [0.1, 0.15) is 12.0 Å². The van der Waals surface area contributed by atoms with Crippen LogP contribution in [0.15, 0.2) is 53.0 Å². The second kappa shape index (κ2) is 7.46. The van der Waals surface area contributed by atoms with Crippen LogP contribution in [-0.4, -0.2) is 12.5 Å². The molecule has 1 amide bonds. The van der Waals surface area contributed by atoms with Crippen LogP contribution in [-0.2, 0) is 4.79 Å². The zero-order valence-electron chi connectivity index (χ0n) is 11.2. The molecule has 21 heavy (non-hydrogen) atoms. The summed E-state index contributed by atoms with van der Waals surface area (Å²) in [5.74, 6) is 0.588. The number of halogens is 1. The fraction of sp³-hybridized carbons (Fsp3) is 0.125. The van der Waals surface area contributed by atoms with Gasteiger partial charge in [0, 0.05) is 10.2 Å². The summed E-state index contributed by atoms with van der Waals surface area (Å²) in [6.45, 7) is 0.304. The van der Waals surface area contributed by atoms with E-state index in [1.54, 1.807) is 24.3 Å². The van der Waals surface area contributed by atoms with Crippen LogP contribution >= 0.6 is 15.9 Å². The Kier molecular flexibility index (Phi) is 5.35. The highest BCUT2D eigenvalue weighted by molar-refractivity contribution is 9.10. The summed E-state index contributed by atoms with van der Waals surface area (Å²) in [6.07, 6.45) is 0.256. The summed E-state index contributed by atoms with van der Waals surface area (Å²) in [5.41, 5.74) is 1.23. The molecule has 4 nitrogen and oxygen atoms in total. The fourth-order valence-corrected chi connectivity index (χ4v) is 2.05. The molecule has 0 radical (unpaired) electrons. The number of benzene rings is 2. The maximum atomic E-state index is 11.8. The Balaban J connectivity index is 1.78. The van der Waals surface area contributed by atoms with E-state index in [0.717, 1.165) is 10.2 Å².